The van der Waals surface area contributed by atoms with E-state index in [1.165, 1.54) is 6.16 Å². The van der Waals surface area contributed by atoms with E-state index < -0.39 is 0 Å². The lowest BCUT2D eigenvalue weighted by Gasteiger charge is -2.02. The predicted molar refractivity (Wildman–Crippen MR) is 40.6 cm³/mol. The zero-order valence-electron chi connectivity index (χ0n) is 5.81. The standard InChI is InChI=1S/C7H13P/c1-6-4-7(2)8(3)5-6/h4,6H,5H2,1-3H3. The van der Waals surface area contributed by atoms with Crippen LogP contribution in [0.2, 0.25) is 0 Å². The zero-order chi connectivity index (χ0) is 6.15. The molecule has 46 valence electrons. The van der Waals surface area contributed by atoms with Gasteiger partial charge in [-0.3, -0.25) is 0 Å². The van der Waals surface area contributed by atoms with Crippen LogP contribution in [-0.2, 0) is 0 Å². The minimum atomic E-state index is 0.296. The van der Waals surface area contributed by atoms with Gasteiger partial charge in [-0.2, -0.15) is 0 Å². The topological polar surface area (TPSA) is 0 Å². The fourth-order valence-electron chi connectivity index (χ4n) is 1.17. The van der Waals surface area contributed by atoms with Crippen molar-refractivity contribution in [3.63, 3.8) is 0 Å². The van der Waals surface area contributed by atoms with E-state index in [0.29, 0.717) is 7.92 Å². The maximum atomic E-state index is 2.41. The number of hydrogen-bond donors (Lipinski definition) is 0. The van der Waals surface area contributed by atoms with Crippen molar-refractivity contribution in [1.29, 1.82) is 0 Å². The molecule has 0 N–H and O–H groups in total. The molecular formula is C7H13P. The normalized spacial score (nSPS) is 37.6. The molecule has 1 rings (SSSR count). The van der Waals surface area contributed by atoms with Crippen LogP contribution in [0.5, 0.6) is 0 Å². The Labute approximate surface area is 52.7 Å². The maximum Gasteiger partial charge on any atom is -0.0214 e. The summed E-state index contributed by atoms with van der Waals surface area (Å²) in [7, 11) is 0.296. The average molecular weight is 128 g/mol. The van der Waals surface area contributed by atoms with E-state index in [4.69, 9.17) is 0 Å². The number of allylic oxidation sites excluding steroid dienone is 2. The van der Waals surface area contributed by atoms with E-state index in [-0.39, 0.29) is 0 Å². The van der Waals surface area contributed by atoms with E-state index in [9.17, 15) is 0 Å². The Morgan fingerprint density at radius 1 is 1.75 bits per heavy atom. The van der Waals surface area contributed by atoms with E-state index in [1.807, 2.05) is 0 Å². The fraction of sp³-hybridized carbons (Fsp3) is 0.714. The Morgan fingerprint density at radius 2 is 2.38 bits per heavy atom. The Balaban J connectivity index is 2.59. The molecule has 1 aliphatic heterocycles. The first-order valence-electron chi connectivity index (χ1n) is 3.09. The minimum absolute atomic E-state index is 0.296. The summed E-state index contributed by atoms with van der Waals surface area (Å²) < 4.78 is 0. The quantitative estimate of drug-likeness (QED) is 0.440. The van der Waals surface area contributed by atoms with Gasteiger partial charge in [0.2, 0.25) is 0 Å². The zero-order valence-corrected chi connectivity index (χ0v) is 6.70. The predicted octanol–water partition coefficient (Wildman–Crippen LogP) is 2.65. The molecule has 0 bridgehead atoms. The monoisotopic (exact) mass is 128 g/mol. The highest BCUT2D eigenvalue weighted by Crippen LogP contribution is 2.47. The van der Waals surface area contributed by atoms with Gasteiger partial charge in [-0.1, -0.05) is 26.2 Å². The molecule has 0 spiro atoms. The van der Waals surface area contributed by atoms with Crippen LogP contribution in [-0.4, -0.2) is 12.8 Å². The summed E-state index contributed by atoms with van der Waals surface area (Å²) in [5.74, 6) is 0.867. The first-order valence-corrected chi connectivity index (χ1v) is 5.07. The van der Waals surface area contributed by atoms with Crippen molar-refractivity contribution in [2.45, 2.75) is 13.8 Å². The summed E-state index contributed by atoms with van der Waals surface area (Å²) in [6.07, 6.45) is 3.84. The van der Waals surface area contributed by atoms with Crippen LogP contribution in [0, 0.1) is 5.92 Å². The van der Waals surface area contributed by atoms with Gasteiger partial charge in [-0.05, 0) is 25.7 Å². The molecule has 1 heteroatoms. The molecule has 0 nitrogen and oxygen atoms in total. The minimum Gasteiger partial charge on any atom is -0.0830 e. The van der Waals surface area contributed by atoms with Crippen molar-refractivity contribution in [3.8, 4) is 0 Å². The number of hydrogen-bond acceptors (Lipinski definition) is 0. The molecule has 0 radical (unpaired) electrons. The van der Waals surface area contributed by atoms with Crippen LogP contribution in [0.4, 0.5) is 0 Å². The highest BCUT2D eigenvalue weighted by Gasteiger charge is 2.14. The summed E-state index contributed by atoms with van der Waals surface area (Å²) in [6.45, 7) is 6.93. The Kier molecular flexibility index (Phi) is 1.72. The highest BCUT2D eigenvalue weighted by molar-refractivity contribution is 7.61. The Morgan fingerprint density at radius 3 is 2.50 bits per heavy atom. The Hall–Kier alpha value is 0.170. The fourth-order valence-corrected chi connectivity index (χ4v) is 2.93. The molecule has 0 saturated heterocycles. The lowest BCUT2D eigenvalue weighted by atomic mass is 10.2. The van der Waals surface area contributed by atoms with Gasteiger partial charge in [0.05, 0.1) is 0 Å². The van der Waals surface area contributed by atoms with Gasteiger partial charge in [0, 0.05) is 0 Å². The maximum absolute atomic E-state index is 2.41. The van der Waals surface area contributed by atoms with Gasteiger partial charge in [0.15, 0.2) is 0 Å². The van der Waals surface area contributed by atoms with Gasteiger partial charge in [0.25, 0.3) is 0 Å². The van der Waals surface area contributed by atoms with Crippen LogP contribution in [0.15, 0.2) is 11.4 Å². The summed E-state index contributed by atoms with van der Waals surface area (Å²) in [5.41, 5.74) is 0. The summed E-state index contributed by atoms with van der Waals surface area (Å²) in [4.78, 5) is 0. The van der Waals surface area contributed by atoms with Gasteiger partial charge in [0.1, 0.15) is 0 Å². The molecule has 0 amide bonds. The van der Waals surface area contributed by atoms with Crippen LogP contribution in [0.25, 0.3) is 0 Å². The van der Waals surface area contributed by atoms with E-state index in [0.717, 1.165) is 5.92 Å². The van der Waals surface area contributed by atoms with E-state index in [2.05, 4.69) is 26.6 Å². The molecule has 0 aromatic carbocycles. The number of rotatable bonds is 0. The summed E-state index contributed by atoms with van der Waals surface area (Å²) in [6, 6.07) is 0. The molecule has 1 heterocycles. The third kappa shape index (κ3) is 1.11. The first-order chi connectivity index (χ1) is 3.70. The average Bonchev–Trinajstić information content (AvgIpc) is 1.85. The molecule has 8 heavy (non-hydrogen) atoms. The SMILES string of the molecule is CC1=CC(C)CP1C. The second-order valence-electron chi connectivity index (χ2n) is 2.67. The van der Waals surface area contributed by atoms with Crippen molar-refractivity contribution in [2.24, 2.45) is 5.92 Å². The second kappa shape index (κ2) is 2.19. The molecular weight excluding hydrogens is 115 g/mol. The van der Waals surface area contributed by atoms with Crippen LogP contribution >= 0.6 is 7.92 Å². The molecule has 2 atom stereocenters. The van der Waals surface area contributed by atoms with Gasteiger partial charge >= 0.3 is 0 Å². The van der Waals surface area contributed by atoms with Crippen LogP contribution in [0.3, 0.4) is 0 Å². The molecule has 0 aromatic heterocycles. The summed E-state index contributed by atoms with van der Waals surface area (Å²) in [5, 5.41) is 1.65. The smallest absolute Gasteiger partial charge is 0.0214 e. The highest BCUT2D eigenvalue weighted by atomic mass is 31.1. The third-order valence-corrected chi connectivity index (χ3v) is 4.17. The van der Waals surface area contributed by atoms with Crippen molar-refractivity contribution >= 4 is 7.92 Å². The molecule has 0 fully saturated rings. The van der Waals surface area contributed by atoms with Crippen LogP contribution < -0.4 is 0 Å². The Bertz CT molecular complexity index is 116. The van der Waals surface area contributed by atoms with Crippen molar-refractivity contribution in [2.75, 3.05) is 12.8 Å². The molecule has 1 aliphatic rings. The van der Waals surface area contributed by atoms with E-state index in [1.54, 1.807) is 5.31 Å². The first kappa shape index (κ1) is 6.29. The van der Waals surface area contributed by atoms with Gasteiger partial charge in [-0.25, -0.2) is 0 Å². The summed E-state index contributed by atoms with van der Waals surface area (Å²) >= 11 is 0. The lowest BCUT2D eigenvalue weighted by Crippen LogP contribution is -1.85. The second-order valence-corrected chi connectivity index (χ2v) is 5.13. The van der Waals surface area contributed by atoms with Gasteiger partial charge in [-0.15, -0.1) is 0 Å². The van der Waals surface area contributed by atoms with E-state index >= 15 is 0 Å². The molecule has 0 aromatic rings. The molecule has 2 unspecified atom stereocenters. The molecule has 0 saturated carbocycles. The largest absolute Gasteiger partial charge is 0.0830 e. The van der Waals surface area contributed by atoms with Crippen molar-refractivity contribution < 1.29 is 0 Å². The van der Waals surface area contributed by atoms with Crippen molar-refractivity contribution in [3.05, 3.63) is 11.4 Å². The molecule has 0 aliphatic carbocycles. The van der Waals surface area contributed by atoms with Crippen molar-refractivity contribution in [1.82, 2.24) is 0 Å². The lowest BCUT2D eigenvalue weighted by molar-refractivity contribution is 0.854. The van der Waals surface area contributed by atoms with Crippen LogP contribution in [0.1, 0.15) is 13.8 Å². The third-order valence-electron chi connectivity index (χ3n) is 1.69. The van der Waals surface area contributed by atoms with Gasteiger partial charge < -0.3 is 0 Å².